The summed E-state index contributed by atoms with van der Waals surface area (Å²) in [6.45, 7) is 5.37. The molecular weight excluding hydrogens is 410 g/mol. The molecule has 2 heterocycles. The lowest BCUT2D eigenvalue weighted by molar-refractivity contribution is -0.537. The van der Waals surface area contributed by atoms with Gasteiger partial charge in [0.2, 0.25) is 0 Å². The average molecular weight is 435 g/mol. The smallest absolute Gasteiger partial charge is 0.266 e. The van der Waals surface area contributed by atoms with Crippen molar-refractivity contribution in [1.82, 2.24) is 0 Å². The van der Waals surface area contributed by atoms with Crippen LogP contribution in [0.3, 0.4) is 0 Å². The minimum absolute atomic E-state index is 0.163. The SMILES string of the molecule is COc1ccc([C@@H]2C3=C(CC(C)(C)CC3=O)O[C@@]3(C)[C@@H]2S(=O)(=O)C[C@H]3[N+](=O)[O-])cc1. The van der Waals surface area contributed by atoms with Crippen molar-refractivity contribution >= 4 is 15.6 Å². The molecular formula is C21H25NO7S. The number of carbonyl (C=O) groups excluding carboxylic acids is 1. The highest BCUT2D eigenvalue weighted by molar-refractivity contribution is 7.92. The number of carbonyl (C=O) groups is 1. The number of hydrogen-bond acceptors (Lipinski definition) is 7. The van der Waals surface area contributed by atoms with E-state index in [0.717, 1.165) is 0 Å². The molecule has 8 nitrogen and oxygen atoms in total. The summed E-state index contributed by atoms with van der Waals surface area (Å²) >= 11 is 0. The number of ketones is 1. The van der Waals surface area contributed by atoms with Crippen molar-refractivity contribution in [3.8, 4) is 5.75 Å². The molecule has 3 aliphatic rings. The summed E-state index contributed by atoms with van der Waals surface area (Å²) in [6, 6.07) is 5.45. The Morgan fingerprint density at radius 2 is 1.80 bits per heavy atom. The first-order chi connectivity index (χ1) is 13.9. The summed E-state index contributed by atoms with van der Waals surface area (Å²) in [6.07, 6.45) is 0.692. The van der Waals surface area contributed by atoms with Crippen molar-refractivity contribution in [2.24, 2.45) is 5.41 Å². The molecule has 30 heavy (non-hydrogen) atoms. The highest BCUT2D eigenvalue weighted by Gasteiger charge is 2.70. The number of ether oxygens (including phenoxy) is 2. The van der Waals surface area contributed by atoms with E-state index in [1.165, 1.54) is 14.0 Å². The fourth-order valence-electron chi connectivity index (χ4n) is 5.26. The zero-order chi connectivity index (χ0) is 22.1. The number of benzene rings is 1. The van der Waals surface area contributed by atoms with Crippen molar-refractivity contribution in [1.29, 1.82) is 0 Å². The molecule has 1 fully saturated rings. The van der Waals surface area contributed by atoms with E-state index in [2.05, 4.69) is 0 Å². The van der Waals surface area contributed by atoms with Crippen molar-refractivity contribution in [2.45, 2.75) is 56.4 Å². The van der Waals surface area contributed by atoms with Gasteiger partial charge >= 0.3 is 0 Å². The fraction of sp³-hybridized carbons (Fsp3) is 0.571. The van der Waals surface area contributed by atoms with Gasteiger partial charge in [-0.25, -0.2) is 8.42 Å². The quantitative estimate of drug-likeness (QED) is 0.530. The highest BCUT2D eigenvalue weighted by Crippen LogP contribution is 2.55. The molecule has 1 aliphatic carbocycles. The second-order valence-corrected chi connectivity index (χ2v) is 11.5. The lowest BCUT2D eigenvalue weighted by Crippen LogP contribution is -2.56. The van der Waals surface area contributed by atoms with E-state index in [9.17, 15) is 23.3 Å². The highest BCUT2D eigenvalue weighted by atomic mass is 32.2. The van der Waals surface area contributed by atoms with E-state index in [1.54, 1.807) is 24.3 Å². The molecule has 1 aromatic carbocycles. The fourth-order valence-corrected chi connectivity index (χ4v) is 7.98. The molecule has 2 aliphatic heterocycles. The number of allylic oxidation sites excluding steroid dienone is 2. The molecule has 0 radical (unpaired) electrons. The average Bonchev–Trinajstić information content (AvgIpc) is 2.85. The molecule has 162 valence electrons. The number of Topliss-reactive ketones (excluding diaryl/α,β-unsaturated/α-hetero) is 1. The molecule has 0 unspecified atom stereocenters. The summed E-state index contributed by atoms with van der Waals surface area (Å²) < 4.78 is 37.7. The lowest BCUT2D eigenvalue weighted by atomic mass is 9.68. The normalized spacial score (nSPS) is 34.0. The van der Waals surface area contributed by atoms with Crippen molar-refractivity contribution < 1.29 is 27.6 Å². The number of nitro groups is 1. The number of fused-ring (bicyclic) bond motifs is 1. The molecule has 9 heteroatoms. The largest absolute Gasteiger partial charge is 0.497 e. The van der Waals surface area contributed by atoms with E-state index in [4.69, 9.17) is 9.47 Å². The standard InChI is InChI=1S/C21H25NO7S/c1-20(2)9-14(23)18-15(10-20)29-21(3)16(22(24)25)11-30(26,27)19(21)17(18)12-5-7-13(28-4)8-6-12/h5-8,16-17,19H,9-11H2,1-4H3/t16-,17-,19-,21-/m1/s1. The molecule has 0 saturated carbocycles. The van der Waals surface area contributed by atoms with E-state index in [-0.39, 0.29) is 17.6 Å². The van der Waals surface area contributed by atoms with Crippen LogP contribution in [0.4, 0.5) is 0 Å². The van der Waals surface area contributed by atoms with Gasteiger partial charge in [-0.2, -0.15) is 0 Å². The molecule has 4 atom stereocenters. The van der Waals surface area contributed by atoms with Gasteiger partial charge in [0.1, 0.15) is 22.5 Å². The number of methoxy groups -OCH3 is 1. The third-order valence-electron chi connectivity index (χ3n) is 6.57. The Kier molecular flexibility index (Phi) is 4.54. The van der Waals surface area contributed by atoms with Gasteiger partial charge < -0.3 is 9.47 Å². The maximum Gasteiger partial charge on any atom is 0.266 e. The van der Waals surface area contributed by atoms with Gasteiger partial charge in [-0.15, -0.1) is 0 Å². The second-order valence-electron chi connectivity index (χ2n) is 9.37. The first-order valence-corrected chi connectivity index (χ1v) is 11.6. The first kappa shape index (κ1) is 20.8. The summed E-state index contributed by atoms with van der Waals surface area (Å²) in [7, 11) is -2.38. The Labute approximate surface area is 175 Å². The van der Waals surface area contributed by atoms with E-state index in [0.29, 0.717) is 29.1 Å². The Balaban J connectivity index is 1.97. The molecule has 0 amide bonds. The molecule has 0 N–H and O–H groups in total. The Morgan fingerprint density at radius 3 is 2.37 bits per heavy atom. The zero-order valence-electron chi connectivity index (χ0n) is 17.4. The van der Waals surface area contributed by atoms with Crippen LogP contribution in [0.5, 0.6) is 5.75 Å². The van der Waals surface area contributed by atoms with Crippen molar-refractivity contribution in [3.63, 3.8) is 0 Å². The third kappa shape index (κ3) is 3.02. The van der Waals surface area contributed by atoms with Gasteiger partial charge in [-0.1, -0.05) is 26.0 Å². The zero-order valence-corrected chi connectivity index (χ0v) is 18.2. The molecule has 1 aromatic rings. The number of rotatable bonds is 3. The Bertz CT molecular complexity index is 1060. The minimum Gasteiger partial charge on any atom is -0.497 e. The topological polar surface area (TPSA) is 113 Å². The monoisotopic (exact) mass is 435 g/mol. The van der Waals surface area contributed by atoms with Crippen LogP contribution >= 0.6 is 0 Å². The van der Waals surface area contributed by atoms with Gasteiger partial charge in [-0.3, -0.25) is 14.9 Å². The van der Waals surface area contributed by atoms with Crippen molar-refractivity contribution in [3.05, 3.63) is 51.3 Å². The molecule has 4 rings (SSSR count). The predicted molar refractivity (Wildman–Crippen MR) is 109 cm³/mol. The lowest BCUT2D eigenvalue weighted by Gasteiger charge is -2.46. The van der Waals surface area contributed by atoms with Crippen LogP contribution in [0.1, 0.15) is 45.1 Å². The first-order valence-electron chi connectivity index (χ1n) is 9.84. The summed E-state index contributed by atoms with van der Waals surface area (Å²) in [4.78, 5) is 24.4. The molecule has 0 aromatic heterocycles. The van der Waals surface area contributed by atoms with Gasteiger partial charge in [0, 0.05) is 29.3 Å². The summed E-state index contributed by atoms with van der Waals surface area (Å²) in [5.41, 5.74) is -0.969. The van der Waals surface area contributed by atoms with Crippen molar-refractivity contribution in [2.75, 3.05) is 12.9 Å². The predicted octanol–water partition coefficient (Wildman–Crippen LogP) is 2.65. The summed E-state index contributed by atoms with van der Waals surface area (Å²) in [5.74, 6) is -0.602. The third-order valence-corrected chi connectivity index (χ3v) is 8.86. The molecule has 0 spiro atoms. The van der Waals surface area contributed by atoms with Crippen LogP contribution in [0.2, 0.25) is 0 Å². The maximum atomic E-state index is 13.2. The maximum absolute atomic E-state index is 13.2. The van der Waals surface area contributed by atoms with Gasteiger partial charge in [0.15, 0.2) is 21.2 Å². The van der Waals surface area contributed by atoms with Crippen LogP contribution in [-0.4, -0.2) is 48.9 Å². The summed E-state index contributed by atoms with van der Waals surface area (Å²) in [5, 5.41) is 10.6. The van der Waals surface area contributed by atoms with E-state index < -0.39 is 43.3 Å². The molecule has 0 bridgehead atoms. The van der Waals surface area contributed by atoms with Crippen LogP contribution in [0, 0.1) is 15.5 Å². The minimum atomic E-state index is -3.90. The van der Waals surface area contributed by atoms with Gasteiger partial charge in [0.25, 0.3) is 6.04 Å². The Morgan fingerprint density at radius 1 is 1.17 bits per heavy atom. The van der Waals surface area contributed by atoms with E-state index >= 15 is 0 Å². The number of hydrogen-bond donors (Lipinski definition) is 0. The molecule has 1 saturated heterocycles. The second kappa shape index (κ2) is 6.54. The van der Waals surface area contributed by atoms with Crippen LogP contribution in [0.25, 0.3) is 0 Å². The Hall–Kier alpha value is -2.42. The van der Waals surface area contributed by atoms with Crippen LogP contribution < -0.4 is 4.74 Å². The van der Waals surface area contributed by atoms with Crippen LogP contribution in [0.15, 0.2) is 35.6 Å². The number of sulfone groups is 1. The van der Waals surface area contributed by atoms with E-state index in [1.807, 2.05) is 13.8 Å². The van der Waals surface area contributed by atoms with Crippen LogP contribution in [-0.2, 0) is 19.4 Å². The van der Waals surface area contributed by atoms with Gasteiger partial charge in [-0.05, 0) is 30.0 Å². The number of nitrogens with zero attached hydrogens (tertiary/aromatic N) is 1. The van der Waals surface area contributed by atoms with Gasteiger partial charge in [0.05, 0.1) is 7.11 Å².